The van der Waals surface area contributed by atoms with Gasteiger partial charge < -0.3 is 10.1 Å². The Hall–Kier alpha value is -0.0800. The van der Waals surface area contributed by atoms with Gasteiger partial charge in [-0.05, 0) is 43.6 Å². The van der Waals surface area contributed by atoms with Gasteiger partial charge in [0, 0.05) is 12.6 Å². The zero-order valence-corrected chi connectivity index (χ0v) is 12.4. The largest absolute Gasteiger partial charge is 0.381 e. The van der Waals surface area contributed by atoms with E-state index in [1.807, 2.05) is 0 Å². The van der Waals surface area contributed by atoms with Gasteiger partial charge >= 0.3 is 0 Å². The molecule has 0 heterocycles. The molecule has 2 heteroatoms. The van der Waals surface area contributed by atoms with Crippen molar-refractivity contribution in [1.82, 2.24) is 5.32 Å². The van der Waals surface area contributed by atoms with Crippen molar-refractivity contribution in [3.8, 4) is 0 Å². The molecular weight excluding hydrogens is 210 g/mol. The summed E-state index contributed by atoms with van der Waals surface area (Å²) in [7, 11) is 2.11. The molecule has 17 heavy (non-hydrogen) atoms. The molecule has 0 saturated heterocycles. The number of nitrogens with one attached hydrogen (secondary N) is 1. The molecule has 0 aromatic carbocycles. The summed E-state index contributed by atoms with van der Waals surface area (Å²) in [6.45, 7) is 11.1. The summed E-state index contributed by atoms with van der Waals surface area (Å²) in [6, 6.07) is 0.666. The van der Waals surface area contributed by atoms with Crippen molar-refractivity contribution in [2.75, 3.05) is 20.3 Å². The van der Waals surface area contributed by atoms with Crippen LogP contribution in [0.1, 0.15) is 53.4 Å². The van der Waals surface area contributed by atoms with Crippen LogP contribution < -0.4 is 5.32 Å². The minimum absolute atomic E-state index is 0.295. The quantitative estimate of drug-likeness (QED) is 0.719. The Balaban J connectivity index is 2.55. The predicted molar refractivity (Wildman–Crippen MR) is 74.2 cm³/mol. The first kappa shape index (κ1) is 15.0. The lowest BCUT2D eigenvalue weighted by Gasteiger charge is -2.44. The zero-order chi connectivity index (χ0) is 12.9. The second-order valence-corrected chi connectivity index (χ2v) is 6.46. The first-order valence-electron chi connectivity index (χ1n) is 7.26. The summed E-state index contributed by atoms with van der Waals surface area (Å²) in [5, 5.41) is 3.53. The number of ether oxygens (including phenoxy) is 1. The molecule has 0 aromatic heterocycles. The highest BCUT2D eigenvalue weighted by Crippen LogP contribution is 2.40. The molecule has 3 unspecified atom stereocenters. The van der Waals surface area contributed by atoms with Gasteiger partial charge in [-0.3, -0.25) is 0 Å². The lowest BCUT2D eigenvalue weighted by atomic mass is 9.66. The smallest absolute Gasteiger partial charge is 0.0520 e. The maximum Gasteiger partial charge on any atom is 0.0520 e. The van der Waals surface area contributed by atoms with Crippen LogP contribution in [0.25, 0.3) is 0 Å². The van der Waals surface area contributed by atoms with Gasteiger partial charge in [0.15, 0.2) is 0 Å². The van der Waals surface area contributed by atoms with Crippen molar-refractivity contribution in [2.45, 2.75) is 59.4 Å². The highest BCUT2D eigenvalue weighted by Gasteiger charge is 2.38. The summed E-state index contributed by atoms with van der Waals surface area (Å²) in [5.74, 6) is 1.62. The van der Waals surface area contributed by atoms with Crippen molar-refractivity contribution in [3.63, 3.8) is 0 Å². The van der Waals surface area contributed by atoms with Crippen LogP contribution in [-0.2, 0) is 4.74 Å². The highest BCUT2D eigenvalue weighted by atomic mass is 16.5. The Bertz CT molecular complexity index is 215. The van der Waals surface area contributed by atoms with Crippen LogP contribution in [0.15, 0.2) is 0 Å². The van der Waals surface area contributed by atoms with Crippen molar-refractivity contribution in [1.29, 1.82) is 0 Å². The molecule has 0 radical (unpaired) electrons. The van der Waals surface area contributed by atoms with Crippen LogP contribution in [0.4, 0.5) is 0 Å². The fourth-order valence-corrected chi connectivity index (χ4v) is 3.22. The third kappa shape index (κ3) is 4.26. The van der Waals surface area contributed by atoms with Gasteiger partial charge in [0.2, 0.25) is 0 Å². The van der Waals surface area contributed by atoms with E-state index in [1.165, 1.54) is 19.3 Å². The molecule has 2 nitrogen and oxygen atoms in total. The van der Waals surface area contributed by atoms with Crippen LogP contribution in [-0.4, -0.2) is 26.3 Å². The van der Waals surface area contributed by atoms with Gasteiger partial charge in [0.1, 0.15) is 0 Å². The van der Waals surface area contributed by atoms with E-state index in [4.69, 9.17) is 4.74 Å². The lowest BCUT2D eigenvalue weighted by molar-refractivity contribution is 0.0000659. The maximum absolute atomic E-state index is 5.79. The molecule has 1 aliphatic rings. The second-order valence-electron chi connectivity index (χ2n) is 6.46. The van der Waals surface area contributed by atoms with E-state index in [-0.39, 0.29) is 0 Å². The number of hydrogen-bond donors (Lipinski definition) is 1. The Morgan fingerprint density at radius 3 is 2.59 bits per heavy atom. The standard InChI is InChI=1S/C15H31NO/c1-6-9-17-11-15(3,4)13-8-7-12(2)10-14(13)16-5/h12-14,16H,6-11H2,1-5H3. The fraction of sp³-hybridized carbons (Fsp3) is 1.00. The predicted octanol–water partition coefficient (Wildman–Crippen LogP) is 3.46. The van der Waals surface area contributed by atoms with Crippen molar-refractivity contribution < 1.29 is 4.74 Å². The van der Waals surface area contributed by atoms with Crippen molar-refractivity contribution in [2.24, 2.45) is 17.3 Å². The summed E-state index contributed by atoms with van der Waals surface area (Å²) in [4.78, 5) is 0. The normalized spacial score (nSPS) is 30.5. The average molecular weight is 241 g/mol. The van der Waals surface area contributed by atoms with E-state index in [2.05, 4.69) is 40.1 Å². The van der Waals surface area contributed by atoms with Crippen molar-refractivity contribution >= 4 is 0 Å². The molecule has 1 saturated carbocycles. The highest BCUT2D eigenvalue weighted by molar-refractivity contribution is 4.91. The minimum atomic E-state index is 0.295. The topological polar surface area (TPSA) is 21.3 Å². The molecule has 1 fully saturated rings. The third-order valence-corrected chi connectivity index (χ3v) is 4.31. The van der Waals surface area contributed by atoms with Gasteiger partial charge in [-0.1, -0.05) is 34.1 Å². The average Bonchev–Trinajstić information content (AvgIpc) is 2.28. The van der Waals surface area contributed by atoms with Crippen LogP contribution in [0.3, 0.4) is 0 Å². The second kappa shape index (κ2) is 6.75. The van der Waals surface area contributed by atoms with Gasteiger partial charge in [-0.2, -0.15) is 0 Å². The van der Waals surface area contributed by atoms with Gasteiger partial charge in [0.05, 0.1) is 6.61 Å². The van der Waals surface area contributed by atoms with Crippen LogP contribution in [0.5, 0.6) is 0 Å². The van der Waals surface area contributed by atoms with E-state index in [0.717, 1.165) is 31.5 Å². The Morgan fingerprint density at radius 2 is 2.00 bits per heavy atom. The summed E-state index contributed by atoms with van der Waals surface area (Å²) >= 11 is 0. The van der Waals surface area contributed by atoms with E-state index in [0.29, 0.717) is 11.5 Å². The molecule has 0 aliphatic heterocycles. The monoisotopic (exact) mass is 241 g/mol. The number of hydrogen-bond acceptors (Lipinski definition) is 2. The molecule has 1 rings (SSSR count). The number of rotatable bonds is 6. The lowest BCUT2D eigenvalue weighted by Crippen LogP contribution is -2.47. The maximum atomic E-state index is 5.79. The van der Waals surface area contributed by atoms with Crippen LogP contribution >= 0.6 is 0 Å². The summed E-state index contributed by atoms with van der Waals surface area (Å²) < 4.78 is 5.79. The molecule has 1 N–H and O–H groups in total. The Kier molecular flexibility index (Phi) is 5.94. The molecule has 3 atom stereocenters. The van der Waals surface area contributed by atoms with Crippen LogP contribution in [0, 0.1) is 17.3 Å². The van der Waals surface area contributed by atoms with E-state index < -0.39 is 0 Å². The first-order chi connectivity index (χ1) is 8.01. The molecule has 0 spiro atoms. The van der Waals surface area contributed by atoms with Gasteiger partial charge in [-0.15, -0.1) is 0 Å². The van der Waals surface area contributed by atoms with Gasteiger partial charge in [0.25, 0.3) is 0 Å². The van der Waals surface area contributed by atoms with Gasteiger partial charge in [-0.25, -0.2) is 0 Å². The molecule has 0 amide bonds. The third-order valence-electron chi connectivity index (χ3n) is 4.31. The van der Waals surface area contributed by atoms with E-state index >= 15 is 0 Å². The zero-order valence-electron chi connectivity index (χ0n) is 12.4. The molecule has 1 aliphatic carbocycles. The Morgan fingerprint density at radius 1 is 1.29 bits per heavy atom. The first-order valence-corrected chi connectivity index (χ1v) is 7.26. The van der Waals surface area contributed by atoms with E-state index in [9.17, 15) is 0 Å². The molecule has 0 bridgehead atoms. The van der Waals surface area contributed by atoms with Crippen LogP contribution in [0.2, 0.25) is 0 Å². The summed E-state index contributed by atoms with van der Waals surface area (Å²) in [6.07, 6.45) is 5.15. The molecular formula is C15H31NO. The fourth-order valence-electron chi connectivity index (χ4n) is 3.22. The minimum Gasteiger partial charge on any atom is -0.381 e. The Labute approximate surface area is 108 Å². The van der Waals surface area contributed by atoms with E-state index in [1.54, 1.807) is 0 Å². The molecule has 0 aromatic rings. The summed E-state index contributed by atoms with van der Waals surface area (Å²) in [5.41, 5.74) is 0.295. The molecule has 102 valence electrons. The SMILES string of the molecule is CCCOCC(C)(C)C1CCC(C)CC1NC. The van der Waals surface area contributed by atoms with Crippen molar-refractivity contribution in [3.05, 3.63) is 0 Å².